The van der Waals surface area contributed by atoms with Crippen LogP contribution in [-0.4, -0.2) is 38.8 Å². The Labute approximate surface area is 208 Å². The lowest BCUT2D eigenvalue weighted by molar-refractivity contribution is -0.114. The molecule has 3 aromatic rings. The number of halogens is 3. The molecule has 0 saturated carbocycles. The number of primary sulfonamides is 1. The lowest BCUT2D eigenvalue weighted by Crippen LogP contribution is -2.25. The molecule has 2 aromatic carbocycles. The molecule has 0 unspecified atom stereocenters. The van der Waals surface area contributed by atoms with Gasteiger partial charge in [-0.25, -0.2) is 18.4 Å². The van der Waals surface area contributed by atoms with Gasteiger partial charge in [-0.2, -0.15) is 23.3 Å². The molecule has 1 aromatic heterocycles. The third-order valence-corrected chi connectivity index (χ3v) is 6.06. The average molecular weight is 533 g/mol. The number of hydrazone groups is 1. The molecule has 0 fully saturated rings. The van der Waals surface area contributed by atoms with Gasteiger partial charge in [-0.1, -0.05) is 12.1 Å². The van der Waals surface area contributed by atoms with Crippen LogP contribution in [0.5, 0.6) is 0 Å². The number of hydrogen-bond acceptors (Lipinski definition) is 7. The molecule has 1 amide bonds. The van der Waals surface area contributed by atoms with Gasteiger partial charge < -0.3 is 9.15 Å². The molecule has 0 aliphatic carbocycles. The van der Waals surface area contributed by atoms with Gasteiger partial charge in [0.1, 0.15) is 11.5 Å². The van der Waals surface area contributed by atoms with Crippen LogP contribution in [0.2, 0.25) is 0 Å². The smallest absolute Gasteiger partial charge is 0.435 e. The molecule has 13 heteroatoms. The minimum atomic E-state index is -4.97. The van der Waals surface area contributed by atoms with E-state index in [0.717, 1.165) is 30.3 Å². The number of benzene rings is 2. The van der Waals surface area contributed by atoms with Crippen LogP contribution in [0.15, 0.2) is 80.7 Å². The number of carbonyl (C=O) groups is 2. The molecule has 37 heavy (non-hydrogen) atoms. The molecule has 0 spiro atoms. The van der Waals surface area contributed by atoms with Crippen molar-refractivity contribution in [2.24, 2.45) is 10.2 Å². The second-order valence-corrected chi connectivity index (χ2v) is 9.22. The monoisotopic (exact) mass is 533 g/mol. The van der Waals surface area contributed by atoms with E-state index in [0.29, 0.717) is 10.6 Å². The summed E-state index contributed by atoms with van der Waals surface area (Å²) in [6, 6.07) is 13.4. The molecule has 0 atom stereocenters. The van der Waals surface area contributed by atoms with Gasteiger partial charge in [0.05, 0.1) is 28.3 Å². The Balaban J connectivity index is 1.67. The van der Waals surface area contributed by atoms with E-state index >= 15 is 0 Å². The second-order valence-electron chi connectivity index (χ2n) is 7.66. The Bertz CT molecular complexity index is 1540. The molecule has 1 aliphatic heterocycles. The van der Waals surface area contributed by atoms with E-state index in [1.165, 1.54) is 18.2 Å². The second kappa shape index (κ2) is 9.67. The highest BCUT2D eigenvalue weighted by atomic mass is 32.2. The van der Waals surface area contributed by atoms with Crippen LogP contribution in [0.4, 0.5) is 18.9 Å². The maximum Gasteiger partial charge on any atom is 0.435 e. The Morgan fingerprint density at radius 2 is 1.84 bits per heavy atom. The topological polar surface area (TPSA) is 132 Å². The fraction of sp³-hybridized carbons (Fsp3) is 0.125. The van der Waals surface area contributed by atoms with Crippen molar-refractivity contribution in [2.75, 3.05) is 11.6 Å². The van der Waals surface area contributed by atoms with E-state index in [-0.39, 0.29) is 34.3 Å². The van der Waals surface area contributed by atoms with E-state index in [1.807, 2.05) is 0 Å². The number of alkyl halides is 3. The van der Waals surface area contributed by atoms with Crippen molar-refractivity contribution in [1.82, 2.24) is 0 Å². The predicted octanol–water partition coefficient (Wildman–Crippen LogP) is 4.12. The van der Waals surface area contributed by atoms with Crippen LogP contribution < -0.4 is 10.1 Å². The fourth-order valence-corrected chi connectivity index (χ4v) is 3.96. The highest BCUT2D eigenvalue weighted by Crippen LogP contribution is 2.34. The van der Waals surface area contributed by atoms with Gasteiger partial charge in [-0.15, -0.1) is 0 Å². The average Bonchev–Trinajstić information content (AvgIpc) is 3.44. The van der Waals surface area contributed by atoms with Crippen molar-refractivity contribution in [3.8, 4) is 11.3 Å². The number of esters is 1. The summed E-state index contributed by atoms with van der Waals surface area (Å²) in [5.74, 6) is -1.47. The number of amides is 1. The molecule has 9 nitrogen and oxygen atoms in total. The Kier molecular flexibility index (Phi) is 6.76. The van der Waals surface area contributed by atoms with Gasteiger partial charge in [0.15, 0.2) is 5.71 Å². The first-order valence-corrected chi connectivity index (χ1v) is 12.2. The highest BCUT2D eigenvalue weighted by Gasteiger charge is 2.47. The highest BCUT2D eigenvalue weighted by molar-refractivity contribution is 7.89. The van der Waals surface area contributed by atoms with Crippen molar-refractivity contribution in [3.05, 3.63) is 77.6 Å². The standard InChI is InChI=1S/C24H18F3N3O6S/c1-2-35-23(32)15-5-3-4-14(12-15)20-11-8-17(36-20)13-19-21(24(25,26)27)29-30(22(19)31)16-6-9-18(10-7-16)37(28,33)34/h3-13H,2H2,1H3,(H2,28,33,34)/b19-13+. The fourth-order valence-electron chi connectivity index (χ4n) is 3.45. The summed E-state index contributed by atoms with van der Waals surface area (Å²) >= 11 is 0. The Morgan fingerprint density at radius 3 is 2.46 bits per heavy atom. The Hall–Kier alpha value is -4.23. The maximum atomic E-state index is 13.7. The van der Waals surface area contributed by atoms with Crippen LogP contribution in [0.3, 0.4) is 0 Å². The molecule has 192 valence electrons. The number of nitrogens with zero attached hydrogens (tertiary/aromatic N) is 2. The molecular weight excluding hydrogens is 515 g/mol. The first kappa shape index (κ1) is 25.9. The molecule has 0 saturated heterocycles. The summed E-state index contributed by atoms with van der Waals surface area (Å²) < 4.78 is 74.6. The summed E-state index contributed by atoms with van der Waals surface area (Å²) in [5.41, 5.74) is -1.59. The van der Waals surface area contributed by atoms with Crippen molar-refractivity contribution < 1.29 is 40.3 Å². The molecule has 2 heterocycles. The maximum absolute atomic E-state index is 13.7. The van der Waals surface area contributed by atoms with Crippen LogP contribution in [-0.2, 0) is 19.6 Å². The van der Waals surface area contributed by atoms with E-state index < -0.39 is 39.4 Å². The minimum absolute atomic E-state index is 0.0664. The van der Waals surface area contributed by atoms with Gasteiger partial charge >= 0.3 is 12.1 Å². The van der Waals surface area contributed by atoms with Crippen LogP contribution >= 0.6 is 0 Å². The van der Waals surface area contributed by atoms with Gasteiger partial charge in [-0.3, -0.25) is 4.79 Å². The van der Waals surface area contributed by atoms with E-state index in [9.17, 15) is 31.2 Å². The number of nitrogens with two attached hydrogens (primary N) is 1. The zero-order valence-corrected chi connectivity index (χ0v) is 19.8. The summed E-state index contributed by atoms with van der Waals surface area (Å²) in [6.07, 6.45) is -4.06. The van der Waals surface area contributed by atoms with Gasteiger partial charge in [0.25, 0.3) is 5.91 Å². The summed E-state index contributed by atoms with van der Waals surface area (Å²) in [4.78, 5) is 24.6. The molecule has 0 bridgehead atoms. The SMILES string of the molecule is CCOC(=O)c1cccc(-c2ccc(/C=C3/C(=O)N(c4ccc(S(N)(=O)=O)cc4)N=C3C(F)(F)F)o2)c1. The summed E-state index contributed by atoms with van der Waals surface area (Å²) in [6.45, 7) is 1.85. The van der Waals surface area contributed by atoms with E-state index in [2.05, 4.69) is 5.10 Å². The van der Waals surface area contributed by atoms with Crippen molar-refractivity contribution >= 4 is 39.4 Å². The van der Waals surface area contributed by atoms with Crippen molar-refractivity contribution in [2.45, 2.75) is 18.0 Å². The van der Waals surface area contributed by atoms with Crippen LogP contribution in [0.25, 0.3) is 17.4 Å². The normalized spacial score (nSPS) is 15.3. The summed E-state index contributed by atoms with van der Waals surface area (Å²) in [5, 5.41) is 8.96. The quantitative estimate of drug-likeness (QED) is 0.375. The molecule has 1 aliphatic rings. The van der Waals surface area contributed by atoms with Crippen molar-refractivity contribution in [1.29, 1.82) is 0 Å². The number of carbonyl (C=O) groups excluding carboxylic acids is 2. The first-order chi connectivity index (χ1) is 17.4. The van der Waals surface area contributed by atoms with E-state index in [4.69, 9.17) is 14.3 Å². The number of anilines is 1. The predicted molar refractivity (Wildman–Crippen MR) is 127 cm³/mol. The van der Waals surface area contributed by atoms with Crippen LogP contribution in [0.1, 0.15) is 23.0 Å². The van der Waals surface area contributed by atoms with E-state index in [1.54, 1.807) is 25.1 Å². The lowest BCUT2D eigenvalue weighted by Gasteiger charge is -2.11. The zero-order chi connectivity index (χ0) is 27.0. The number of hydrogen-bond donors (Lipinski definition) is 1. The Morgan fingerprint density at radius 1 is 1.14 bits per heavy atom. The largest absolute Gasteiger partial charge is 0.462 e. The zero-order valence-electron chi connectivity index (χ0n) is 19.0. The van der Waals surface area contributed by atoms with Gasteiger partial charge in [-0.05, 0) is 61.5 Å². The molecule has 2 N–H and O–H groups in total. The number of ether oxygens (including phenoxy) is 1. The molecule has 0 radical (unpaired) electrons. The number of furan rings is 1. The van der Waals surface area contributed by atoms with Crippen LogP contribution in [0, 0.1) is 0 Å². The van der Waals surface area contributed by atoms with Crippen molar-refractivity contribution in [3.63, 3.8) is 0 Å². The van der Waals surface area contributed by atoms with Gasteiger partial charge in [0.2, 0.25) is 10.0 Å². The lowest BCUT2D eigenvalue weighted by atomic mass is 10.1. The number of sulfonamides is 1. The molecule has 4 rings (SSSR count). The third-order valence-electron chi connectivity index (χ3n) is 5.13. The minimum Gasteiger partial charge on any atom is -0.462 e. The number of rotatable bonds is 6. The third kappa shape index (κ3) is 5.47. The molecular formula is C24H18F3N3O6S. The van der Waals surface area contributed by atoms with Gasteiger partial charge in [0, 0.05) is 5.56 Å². The summed E-state index contributed by atoms with van der Waals surface area (Å²) in [7, 11) is -4.04. The first-order valence-electron chi connectivity index (χ1n) is 10.6.